The van der Waals surface area contributed by atoms with Gasteiger partial charge in [0.05, 0.1) is 26.2 Å². The van der Waals surface area contributed by atoms with Crippen molar-refractivity contribution >= 4 is 71.4 Å². The number of thioether (sulfide) groups is 4. The summed E-state index contributed by atoms with van der Waals surface area (Å²) in [6, 6.07) is 0. The highest BCUT2D eigenvalue weighted by molar-refractivity contribution is 8.20. The van der Waals surface area contributed by atoms with Gasteiger partial charge in [-0.25, -0.2) is 39.1 Å². The largest absolute Gasteiger partial charge is 0.234 e. The van der Waals surface area contributed by atoms with Crippen LogP contribution in [0.1, 0.15) is 0 Å². The van der Waals surface area contributed by atoms with Crippen LogP contribution in [0.5, 0.6) is 0 Å². The number of aliphatic imine (C=N–C) groups is 4. The average molecular weight is 433 g/mol. The second-order valence-electron chi connectivity index (χ2n) is 4.78. The van der Waals surface area contributed by atoms with Crippen LogP contribution in [0.3, 0.4) is 0 Å². The van der Waals surface area contributed by atoms with Crippen LogP contribution in [0.4, 0.5) is 0 Å². The molecule has 0 aromatic heterocycles. The van der Waals surface area contributed by atoms with Crippen molar-refractivity contribution in [3.05, 3.63) is 0 Å². The van der Waals surface area contributed by atoms with E-state index in [2.05, 4.69) is 20.0 Å². The molecule has 0 aliphatic carbocycles. The Kier molecular flexibility index (Phi) is 13.3. The van der Waals surface area contributed by atoms with Gasteiger partial charge in [-0.15, -0.1) is 47.0 Å². The van der Waals surface area contributed by atoms with Crippen molar-refractivity contribution in [3.63, 3.8) is 0 Å². The lowest BCUT2D eigenvalue weighted by Crippen LogP contribution is -2.21. The third-order valence-corrected chi connectivity index (χ3v) is 9.45. The van der Waals surface area contributed by atoms with Gasteiger partial charge in [0, 0.05) is 31.2 Å². The van der Waals surface area contributed by atoms with Crippen molar-refractivity contribution in [2.45, 2.75) is 21.0 Å². The highest BCUT2D eigenvalue weighted by Crippen LogP contribution is 2.37. The quantitative estimate of drug-likeness (QED) is 0.420. The highest BCUT2D eigenvalue weighted by Gasteiger charge is 2.28. The van der Waals surface area contributed by atoms with Crippen LogP contribution >= 0.6 is 47.0 Å². The molecule has 2 saturated heterocycles. The minimum Gasteiger partial charge on any atom is -0.211 e. The number of carbonyl (C=O) groups excluding carboxylic acids is 4. The van der Waals surface area contributed by atoms with Crippen molar-refractivity contribution in [2.24, 2.45) is 20.0 Å². The summed E-state index contributed by atoms with van der Waals surface area (Å²) in [7, 11) is 0. The molecule has 0 saturated carbocycles. The number of hydrogen-bond donors (Lipinski definition) is 0. The molecule has 0 spiro atoms. The third-order valence-electron chi connectivity index (χ3n) is 3.30. The van der Waals surface area contributed by atoms with E-state index in [1.54, 1.807) is 47.0 Å². The van der Waals surface area contributed by atoms with Gasteiger partial charge >= 0.3 is 0 Å². The smallest absolute Gasteiger partial charge is 0.211 e. The Balaban J connectivity index is 0.000000260. The van der Waals surface area contributed by atoms with Gasteiger partial charge in [-0.3, -0.25) is 0 Å². The first-order valence-electron chi connectivity index (χ1n) is 7.37. The highest BCUT2D eigenvalue weighted by atomic mass is 32.2. The Morgan fingerprint density at radius 3 is 0.962 bits per heavy atom. The van der Waals surface area contributed by atoms with E-state index < -0.39 is 0 Å². The van der Waals surface area contributed by atoms with Gasteiger partial charge < -0.3 is 0 Å². The van der Waals surface area contributed by atoms with Gasteiger partial charge in [0.1, 0.15) is 0 Å². The topological polar surface area (TPSA) is 118 Å². The van der Waals surface area contributed by atoms with Gasteiger partial charge in [-0.05, 0) is 0 Å². The average Bonchev–Trinajstić information content (AvgIpc) is 3.30. The van der Waals surface area contributed by atoms with Crippen LogP contribution < -0.4 is 0 Å². The molecule has 0 aromatic rings. The molecule has 140 valence electrons. The fraction of sp³-hybridized carbons (Fsp3) is 0.714. The van der Waals surface area contributed by atoms with Gasteiger partial charge in [-0.2, -0.15) is 0 Å². The van der Waals surface area contributed by atoms with E-state index in [0.29, 0.717) is 26.2 Å². The van der Waals surface area contributed by atoms with Crippen molar-refractivity contribution < 1.29 is 19.2 Å². The lowest BCUT2D eigenvalue weighted by Gasteiger charge is -2.11. The van der Waals surface area contributed by atoms with E-state index in [0.717, 1.165) is 10.2 Å². The summed E-state index contributed by atoms with van der Waals surface area (Å²) >= 11 is 6.97. The predicted molar refractivity (Wildman–Crippen MR) is 107 cm³/mol. The normalized spacial score (nSPS) is 26.2. The second-order valence-corrected chi connectivity index (χ2v) is 10.4. The lowest BCUT2D eigenvalue weighted by molar-refractivity contribution is 0.560. The fourth-order valence-electron chi connectivity index (χ4n) is 2.05. The molecule has 0 bridgehead atoms. The Morgan fingerprint density at radius 2 is 0.769 bits per heavy atom. The summed E-state index contributed by atoms with van der Waals surface area (Å²) in [5, 5.41) is 3.06. The summed E-state index contributed by atoms with van der Waals surface area (Å²) in [6.45, 7) is 1.89. The first-order chi connectivity index (χ1) is 12.8. The maximum atomic E-state index is 9.89. The molecule has 4 atom stereocenters. The Bertz CT molecular complexity index is 520. The first kappa shape index (κ1) is 23.0. The van der Waals surface area contributed by atoms with Crippen molar-refractivity contribution in [3.8, 4) is 0 Å². The van der Waals surface area contributed by atoms with Gasteiger partial charge in [0.15, 0.2) is 0 Å². The monoisotopic (exact) mass is 432 g/mol. The summed E-state index contributed by atoms with van der Waals surface area (Å²) in [5.41, 5.74) is 0. The first-order valence-corrected chi connectivity index (χ1v) is 11.6. The lowest BCUT2D eigenvalue weighted by atomic mass is 10.3. The summed E-state index contributed by atoms with van der Waals surface area (Å²) in [4.78, 5) is 53.7. The Morgan fingerprint density at radius 1 is 0.538 bits per heavy atom. The van der Waals surface area contributed by atoms with Gasteiger partial charge in [0.25, 0.3) is 0 Å². The van der Waals surface area contributed by atoms with Crippen LogP contribution in [-0.4, -0.2) is 81.7 Å². The molecule has 12 heteroatoms. The molecule has 0 N–H and O–H groups in total. The summed E-state index contributed by atoms with van der Waals surface area (Å²) in [5.74, 6) is 0. The molecule has 2 rings (SSSR count). The van der Waals surface area contributed by atoms with Crippen LogP contribution in [0, 0.1) is 0 Å². The van der Waals surface area contributed by atoms with Crippen molar-refractivity contribution in [2.75, 3.05) is 36.3 Å². The third kappa shape index (κ3) is 9.03. The van der Waals surface area contributed by atoms with E-state index in [4.69, 9.17) is 0 Å². The van der Waals surface area contributed by atoms with Gasteiger partial charge in [-0.1, -0.05) is 0 Å². The maximum absolute atomic E-state index is 9.89. The minimum atomic E-state index is 0.281. The molecule has 2 fully saturated rings. The summed E-state index contributed by atoms with van der Waals surface area (Å²) < 4.78 is 0. The minimum absolute atomic E-state index is 0.281. The summed E-state index contributed by atoms with van der Waals surface area (Å²) in [6.07, 6.45) is 6.06. The zero-order chi connectivity index (χ0) is 19.0. The van der Waals surface area contributed by atoms with Crippen LogP contribution in [-0.2, 0) is 19.2 Å². The van der Waals surface area contributed by atoms with Gasteiger partial charge in [0.2, 0.25) is 24.3 Å². The van der Waals surface area contributed by atoms with Crippen molar-refractivity contribution in [1.82, 2.24) is 0 Å². The van der Waals surface area contributed by atoms with E-state index in [-0.39, 0.29) is 21.0 Å². The van der Waals surface area contributed by atoms with Crippen molar-refractivity contribution in [1.29, 1.82) is 0 Å². The number of isocyanates is 4. The molecule has 8 nitrogen and oxygen atoms in total. The molecule has 0 aromatic carbocycles. The van der Waals surface area contributed by atoms with E-state index >= 15 is 0 Å². The fourth-order valence-corrected chi connectivity index (χ4v) is 8.34. The van der Waals surface area contributed by atoms with E-state index in [9.17, 15) is 19.2 Å². The molecule has 2 aliphatic heterocycles. The SMILES string of the molecule is O=C=NCC1SCSC1CN=C=O.O=C=NCC1SCSC1CN=C=O. The zero-order valence-corrected chi connectivity index (χ0v) is 16.9. The predicted octanol–water partition coefficient (Wildman–Crippen LogP) is 1.67. The Hall–Kier alpha value is -1.08. The van der Waals surface area contributed by atoms with E-state index in [1.165, 1.54) is 24.3 Å². The molecule has 0 radical (unpaired) electrons. The molecule has 0 amide bonds. The molecular formula is C14H16N4O4S4. The van der Waals surface area contributed by atoms with Crippen LogP contribution in [0.25, 0.3) is 0 Å². The zero-order valence-electron chi connectivity index (χ0n) is 13.6. The molecular weight excluding hydrogens is 416 g/mol. The molecule has 26 heavy (non-hydrogen) atoms. The van der Waals surface area contributed by atoms with Crippen LogP contribution in [0.2, 0.25) is 0 Å². The number of nitrogens with zero attached hydrogens (tertiary/aromatic N) is 4. The maximum Gasteiger partial charge on any atom is 0.234 e. The van der Waals surface area contributed by atoms with Crippen LogP contribution in [0.15, 0.2) is 20.0 Å². The standard InChI is InChI=1S/2C7H8N2O2S2/c2*10-3-8-1-6-7(2-9-4-11)13-5-12-6/h2*6-7H,1-2,5H2. The molecule has 2 heterocycles. The second kappa shape index (κ2) is 15.0. The van der Waals surface area contributed by atoms with E-state index in [1.807, 2.05) is 0 Å². The molecule has 4 unspecified atom stereocenters. The molecule has 2 aliphatic rings. The number of hydrogen-bond acceptors (Lipinski definition) is 12. The Labute approximate surface area is 167 Å². The number of rotatable bonds is 8.